The van der Waals surface area contributed by atoms with Crippen LogP contribution in [0.1, 0.15) is 51.2 Å². The lowest BCUT2D eigenvalue weighted by atomic mass is 9.79. The Balaban J connectivity index is 1.68. The average molecular weight is 312 g/mol. The van der Waals surface area contributed by atoms with E-state index < -0.39 is 11.7 Å². The molecule has 0 aromatic heterocycles. The van der Waals surface area contributed by atoms with Gasteiger partial charge in [0.1, 0.15) is 0 Å². The lowest BCUT2D eigenvalue weighted by Crippen LogP contribution is -2.41. The zero-order chi connectivity index (χ0) is 16.3. The molecule has 0 spiro atoms. The second-order valence-corrected chi connectivity index (χ2v) is 7.25. The van der Waals surface area contributed by atoms with E-state index in [9.17, 15) is 13.2 Å². The number of rotatable bonds is 2. The standard InChI is InChI=1S/C16H20BF3O2/c1-14(2)15(3,4)22-17(21-14)13-9-12(13)10-5-7-11(8-6-10)16(18,19)20/h5-8,12-13H,9H2,1-4H3. The van der Waals surface area contributed by atoms with E-state index in [1.165, 1.54) is 0 Å². The average Bonchev–Trinajstić information content (AvgIpc) is 3.12. The van der Waals surface area contributed by atoms with Crippen molar-refractivity contribution >= 4 is 7.12 Å². The summed E-state index contributed by atoms with van der Waals surface area (Å²) in [6, 6.07) is 5.43. The maximum Gasteiger partial charge on any atom is 0.461 e. The van der Waals surface area contributed by atoms with Crippen molar-refractivity contribution in [2.45, 2.75) is 63.2 Å². The van der Waals surface area contributed by atoms with Crippen molar-refractivity contribution in [1.29, 1.82) is 0 Å². The zero-order valence-corrected chi connectivity index (χ0v) is 13.2. The highest BCUT2D eigenvalue weighted by molar-refractivity contribution is 6.49. The molecule has 3 rings (SSSR count). The first-order chi connectivity index (χ1) is 10.0. The molecule has 2 unspecified atom stereocenters. The van der Waals surface area contributed by atoms with Gasteiger partial charge < -0.3 is 9.31 Å². The fourth-order valence-electron chi connectivity index (χ4n) is 2.88. The molecule has 6 heteroatoms. The van der Waals surface area contributed by atoms with E-state index in [1.54, 1.807) is 12.1 Å². The second-order valence-electron chi connectivity index (χ2n) is 7.25. The molecule has 22 heavy (non-hydrogen) atoms. The molecule has 1 aliphatic carbocycles. The van der Waals surface area contributed by atoms with Gasteiger partial charge in [-0.2, -0.15) is 13.2 Å². The Morgan fingerprint density at radius 2 is 1.50 bits per heavy atom. The number of halogens is 3. The summed E-state index contributed by atoms with van der Waals surface area (Å²) in [5, 5.41) is 0. The van der Waals surface area contributed by atoms with E-state index in [1.807, 2.05) is 27.7 Å². The molecule has 2 fully saturated rings. The summed E-state index contributed by atoms with van der Waals surface area (Å²) >= 11 is 0. The molecule has 1 aromatic rings. The minimum atomic E-state index is -4.28. The minimum Gasteiger partial charge on any atom is -0.403 e. The van der Waals surface area contributed by atoms with Gasteiger partial charge >= 0.3 is 13.3 Å². The molecule has 120 valence electrons. The first-order valence-corrected chi connectivity index (χ1v) is 7.54. The molecule has 2 aliphatic rings. The smallest absolute Gasteiger partial charge is 0.403 e. The number of hydrogen-bond donors (Lipinski definition) is 0. The van der Waals surface area contributed by atoms with E-state index in [2.05, 4.69) is 0 Å². The van der Waals surface area contributed by atoms with Crippen molar-refractivity contribution in [2.24, 2.45) is 0 Å². The highest BCUT2D eigenvalue weighted by Crippen LogP contribution is 2.58. The summed E-state index contributed by atoms with van der Waals surface area (Å²) in [6.45, 7) is 8.01. The van der Waals surface area contributed by atoms with Gasteiger partial charge in [0.25, 0.3) is 0 Å². The Bertz CT molecular complexity index is 550. The molecule has 0 amide bonds. The van der Waals surface area contributed by atoms with E-state index in [-0.39, 0.29) is 30.1 Å². The van der Waals surface area contributed by atoms with Crippen LogP contribution in [0.25, 0.3) is 0 Å². The van der Waals surface area contributed by atoms with Crippen LogP contribution in [0.3, 0.4) is 0 Å². The monoisotopic (exact) mass is 312 g/mol. The summed E-state index contributed by atoms with van der Waals surface area (Å²) in [5.74, 6) is 0.440. The largest absolute Gasteiger partial charge is 0.461 e. The summed E-state index contributed by atoms with van der Waals surface area (Å²) in [7, 11) is -0.280. The lowest BCUT2D eigenvalue weighted by Gasteiger charge is -2.32. The Kier molecular flexibility index (Phi) is 3.42. The number of alkyl halides is 3. The van der Waals surface area contributed by atoms with Gasteiger partial charge in [0.2, 0.25) is 0 Å². The van der Waals surface area contributed by atoms with Gasteiger partial charge in [-0.3, -0.25) is 0 Å². The van der Waals surface area contributed by atoms with Crippen LogP contribution in [0.5, 0.6) is 0 Å². The summed E-state index contributed by atoms with van der Waals surface area (Å²) in [4.78, 5) is 0. The highest BCUT2D eigenvalue weighted by Gasteiger charge is 2.59. The van der Waals surface area contributed by atoms with Gasteiger partial charge in [-0.15, -0.1) is 0 Å². The Morgan fingerprint density at radius 3 is 1.95 bits per heavy atom. The van der Waals surface area contributed by atoms with Crippen LogP contribution in [0.2, 0.25) is 5.82 Å². The third-order valence-corrected chi connectivity index (χ3v) is 5.13. The maximum atomic E-state index is 12.6. The topological polar surface area (TPSA) is 18.5 Å². The van der Waals surface area contributed by atoms with Crippen LogP contribution in [0.4, 0.5) is 13.2 Å². The van der Waals surface area contributed by atoms with Crippen molar-refractivity contribution < 1.29 is 22.5 Å². The first kappa shape index (κ1) is 15.9. The molecule has 0 N–H and O–H groups in total. The minimum absolute atomic E-state index is 0.219. The molecule has 1 aliphatic heterocycles. The van der Waals surface area contributed by atoms with Crippen molar-refractivity contribution in [3.05, 3.63) is 35.4 Å². The molecule has 1 aromatic carbocycles. The maximum absolute atomic E-state index is 12.6. The van der Waals surface area contributed by atoms with Gasteiger partial charge in [0.15, 0.2) is 0 Å². The summed E-state index contributed by atoms with van der Waals surface area (Å²) in [5.41, 5.74) is -0.424. The molecule has 1 saturated heterocycles. The van der Waals surface area contributed by atoms with E-state index in [0.29, 0.717) is 0 Å². The van der Waals surface area contributed by atoms with Gasteiger partial charge in [-0.05, 0) is 57.7 Å². The molecule has 2 nitrogen and oxygen atoms in total. The SMILES string of the molecule is CC1(C)OB(C2CC2c2ccc(C(F)(F)F)cc2)OC1(C)C. The fourth-order valence-corrected chi connectivity index (χ4v) is 2.88. The van der Waals surface area contributed by atoms with Crippen molar-refractivity contribution in [3.8, 4) is 0 Å². The lowest BCUT2D eigenvalue weighted by molar-refractivity contribution is -0.137. The predicted octanol–water partition coefficient (Wildman–Crippen LogP) is 4.66. The Hall–Kier alpha value is -1.01. The van der Waals surface area contributed by atoms with Crippen LogP contribution in [-0.2, 0) is 15.5 Å². The van der Waals surface area contributed by atoms with Gasteiger partial charge in [-0.1, -0.05) is 12.1 Å². The molecule has 1 heterocycles. The van der Waals surface area contributed by atoms with Crippen LogP contribution < -0.4 is 0 Å². The fraction of sp³-hybridized carbons (Fsp3) is 0.625. The molecule has 1 saturated carbocycles. The van der Waals surface area contributed by atoms with E-state index in [4.69, 9.17) is 9.31 Å². The van der Waals surface area contributed by atoms with Crippen LogP contribution >= 0.6 is 0 Å². The first-order valence-electron chi connectivity index (χ1n) is 7.54. The quantitative estimate of drug-likeness (QED) is 0.740. The van der Waals surface area contributed by atoms with Crippen molar-refractivity contribution in [1.82, 2.24) is 0 Å². The molecule has 2 atom stereocenters. The molecule has 0 radical (unpaired) electrons. The number of benzene rings is 1. The van der Waals surface area contributed by atoms with Crippen LogP contribution in [0.15, 0.2) is 24.3 Å². The second kappa shape index (κ2) is 4.74. The third-order valence-electron chi connectivity index (χ3n) is 5.13. The Labute approximate surface area is 129 Å². The van der Waals surface area contributed by atoms with Gasteiger partial charge in [0, 0.05) is 5.82 Å². The number of hydrogen-bond acceptors (Lipinski definition) is 2. The van der Waals surface area contributed by atoms with E-state index in [0.717, 1.165) is 24.1 Å². The Morgan fingerprint density at radius 1 is 1.00 bits per heavy atom. The van der Waals surface area contributed by atoms with Crippen molar-refractivity contribution in [2.75, 3.05) is 0 Å². The van der Waals surface area contributed by atoms with Crippen molar-refractivity contribution in [3.63, 3.8) is 0 Å². The van der Waals surface area contributed by atoms with Gasteiger partial charge in [-0.25, -0.2) is 0 Å². The van der Waals surface area contributed by atoms with Gasteiger partial charge in [0.05, 0.1) is 16.8 Å². The highest BCUT2D eigenvalue weighted by atomic mass is 19.4. The summed E-state index contributed by atoms with van der Waals surface area (Å²) < 4.78 is 49.8. The van der Waals surface area contributed by atoms with E-state index >= 15 is 0 Å². The zero-order valence-electron chi connectivity index (χ0n) is 13.2. The summed E-state index contributed by atoms with van der Waals surface area (Å²) in [6.07, 6.45) is -3.39. The van der Waals surface area contributed by atoms with Crippen LogP contribution in [0, 0.1) is 0 Å². The molecular weight excluding hydrogens is 292 g/mol. The third kappa shape index (κ3) is 2.67. The predicted molar refractivity (Wildman–Crippen MR) is 78.6 cm³/mol. The molecular formula is C16H20BF3O2. The molecule has 0 bridgehead atoms. The normalized spacial score (nSPS) is 29.7. The van der Waals surface area contributed by atoms with Crippen LogP contribution in [-0.4, -0.2) is 18.3 Å².